The second-order valence-electron chi connectivity index (χ2n) is 4.53. The van der Waals surface area contributed by atoms with Crippen molar-refractivity contribution in [3.63, 3.8) is 0 Å². The third kappa shape index (κ3) is 11.6. The second kappa shape index (κ2) is 13.7. The molecule has 0 bridgehead atoms. The Kier molecular flexibility index (Phi) is 12.8. The Morgan fingerprint density at radius 1 is 0.920 bits per heavy atom. The first-order valence-electron chi connectivity index (χ1n) is 6.94. The number of benzene rings is 2. The molecule has 2 aromatic carbocycles. The molecule has 0 fully saturated rings. The number of ketones is 1. The maximum absolute atomic E-state index is 11.0. The maximum atomic E-state index is 11.0. The Bertz CT molecular complexity index is 662. The van der Waals surface area contributed by atoms with Gasteiger partial charge in [0.1, 0.15) is 17.3 Å². The van der Waals surface area contributed by atoms with E-state index in [9.17, 15) is 14.7 Å². The second-order valence-corrected chi connectivity index (χ2v) is 6.07. The average Bonchev–Trinajstić information content (AvgIpc) is 2.60. The molecule has 0 aliphatic heterocycles. The summed E-state index contributed by atoms with van der Waals surface area (Å²) in [4.78, 5) is 20.5. The van der Waals surface area contributed by atoms with Gasteiger partial charge in [0, 0.05) is 12.0 Å². The molecule has 25 heavy (non-hydrogen) atoms. The Hall–Kier alpha value is -1.57. The minimum atomic E-state index is -0.356. The van der Waals surface area contributed by atoms with Crippen molar-refractivity contribution in [3.8, 4) is 11.5 Å². The van der Waals surface area contributed by atoms with Crippen LogP contribution in [0, 0.1) is 0 Å². The van der Waals surface area contributed by atoms with Gasteiger partial charge in [0.25, 0.3) is 0 Å². The largest absolute Gasteiger partial charge is 0.508 e. The number of hydrogen-bond donors (Lipinski definition) is 3. The van der Waals surface area contributed by atoms with Crippen LogP contribution in [0.3, 0.4) is 0 Å². The lowest BCUT2D eigenvalue weighted by Gasteiger charge is -2.00. The first kappa shape index (κ1) is 23.4. The number of halogens is 3. The van der Waals surface area contributed by atoms with Crippen molar-refractivity contribution in [1.82, 2.24) is 0 Å². The molecule has 0 heterocycles. The van der Waals surface area contributed by atoms with E-state index in [1.807, 2.05) is 0 Å². The van der Waals surface area contributed by atoms with Gasteiger partial charge in [0.05, 0.1) is 16.3 Å². The highest BCUT2D eigenvalue weighted by molar-refractivity contribution is 9.09. The summed E-state index contributed by atoms with van der Waals surface area (Å²) < 4.78 is 0. The zero-order chi connectivity index (χ0) is 19.2. The van der Waals surface area contributed by atoms with Crippen LogP contribution in [0.25, 0.3) is 0 Å². The van der Waals surface area contributed by atoms with Crippen molar-refractivity contribution >= 4 is 60.2 Å². The van der Waals surface area contributed by atoms with Crippen molar-refractivity contribution in [2.24, 2.45) is 0 Å². The third-order valence-electron chi connectivity index (χ3n) is 2.57. The number of carbonyl (C=O) groups is 2. The molecular weight excluding hydrogens is 477 g/mol. The average molecular weight is 496 g/mol. The number of Topliss-reactive ketones (excluding diaryl/α,β-unsaturated/α-hetero) is 1. The first-order valence-corrected chi connectivity index (χ1v) is 9.56. The molecule has 136 valence electrons. The van der Waals surface area contributed by atoms with Crippen molar-refractivity contribution in [2.45, 2.75) is 6.42 Å². The van der Waals surface area contributed by atoms with Crippen LogP contribution >= 0.6 is 43.5 Å². The number of nitrogens with two attached hydrogens (primary N) is 1. The molecule has 0 aliphatic carbocycles. The van der Waals surface area contributed by atoms with Crippen LogP contribution < -0.4 is 5.73 Å². The lowest BCUT2D eigenvalue weighted by molar-refractivity contribution is -0.116. The van der Waals surface area contributed by atoms with Gasteiger partial charge in [-0.15, -0.1) is 0 Å². The topological polar surface area (TPSA) is 101 Å². The van der Waals surface area contributed by atoms with Crippen LogP contribution in [0.15, 0.2) is 48.5 Å². The summed E-state index contributed by atoms with van der Waals surface area (Å²) in [5.74, 6) is 0.399. The number of nitrogen functional groups attached to an aromatic ring is 1. The summed E-state index contributed by atoms with van der Waals surface area (Å²) >= 11 is 10.7. The number of phenols is 2. The van der Waals surface area contributed by atoms with Gasteiger partial charge in [0.2, 0.25) is 5.24 Å². The fourth-order valence-corrected chi connectivity index (χ4v) is 1.61. The molecule has 0 aromatic heterocycles. The number of para-hydroxylation sites is 3. The predicted octanol–water partition coefficient (Wildman–Crippen LogP) is 4.02. The summed E-state index contributed by atoms with van der Waals surface area (Å²) in [5.41, 5.74) is 6.38. The summed E-state index contributed by atoms with van der Waals surface area (Å²) in [7, 11) is 0. The van der Waals surface area contributed by atoms with Gasteiger partial charge >= 0.3 is 0 Å². The van der Waals surface area contributed by atoms with Gasteiger partial charge in [-0.2, -0.15) is 0 Å². The molecule has 8 heteroatoms. The lowest BCUT2D eigenvalue weighted by atomic mass is 10.1. The van der Waals surface area contributed by atoms with Crippen LogP contribution in [0.2, 0.25) is 0 Å². The molecule has 0 atom stereocenters. The maximum Gasteiger partial charge on any atom is 0.232 e. The molecule has 0 amide bonds. The van der Waals surface area contributed by atoms with Crippen LogP contribution in [-0.2, 0) is 16.0 Å². The molecule has 0 saturated heterocycles. The highest BCUT2D eigenvalue weighted by Gasteiger charge is 2.04. The number of hydrogen-bond acceptors (Lipinski definition) is 5. The molecule has 0 unspecified atom stereocenters. The van der Waals surface area contributed by atoms with E-state index in [-0.39, 0.29) is 34.3 Å². The van der Waals surface area contributed by atoms with Crippen LogP contribution in [0.4, 0.5) is 5.69 Å². The summed E-state index contributed by atoms with van der Waals surface area (Å²) in [6.07, 6.45) is 0.290. The fraction of sp³-hybridized carbons (Fsp3) is 0.176. The van der Waals surface area contributed by atoms with Crippen LogP contribution in [-0.4, -0.2) is 31.9 Å². The van der Waals surface area contributed by atoms with Gasteiger partial charge in [-0.05, 0) is 29.8 Å². The molecule has 0 spiro atoms. The third-order valence-corrected chi connectivity index (χ3v) is 4.16. The monoisotopic (exact) mass is 493 g/mol. The summed E-state index contributed by atoms with van der Waals surface area (Å²) in [5, 5.41) is 18.3. The van der Waals surface area contributed by atoms with Crippen molar-refractivity contribution in [3.05, 3.63) is 54.1 Å². The van der Waals surface area contributed by atoms with Crippen molar-refractivity contribution in [1.29, 1.82) is 0 Å². The first-order chi connectivity index (χ1) is 11.8. The number of rotatable bonds is 4. The SMILES string of the molecule is Nc1ccccc1O.O=C(CBr)Cc1ccccc1O.O=C(Cl)CBr. The molecule has 2 aromatic rings. The van der Waals surface area contributed by atoms with Crippen molar-refractivity contribution < 1.29 is 19.8 Å². The van der Waals surface area contributed by atoms with Crippen LogP contribution in [0.1, 0.15) is 5.56 Å². The number of aromatic hydroxyl groups is 2. The van der Waals surface area contributed by atoms with E-state index in [0.29, 0.717) is 16.6 Å². The van der Waals surface area contributed by atoms with E-state index >= 15 is 0 Å². The minimum absolute atomic E-state index is 0.0662. The molecule has 4 N–H and O–H groups in total. The Balaban J connectivity index is 0.000000382. The van der Waals surface area contributed by atoms with Gasteiger partial charge in [0.15, 0.2) is 0 Å². The normalized spacial score (nSPS) is 9.08. The molecule has 0 saturated carbocycles. The van der Waals surface area contributed by atoms with E-state index < -0.39 is 0 Å². The predicted molar refractivity (Wildman–Crippen MR) is 108 cm³/mol. The highest BCUT2D eigenvalue weighted by Crippen LogP contribution is 2.16. The Morgan fingerprint density at radius 3 is 1.76 bits per heavy atom. The quantitative estimate of drug-likeness (QED) is 0.257. The number of anilines is 1. The smallest absolute Gasteiger partial charge is 0.232 e. The van der Waals surface area contributed by atoms with Gasteiger partial charge in [-0.3, -0.25) is 9.59 Å². The van der Waals surface area contributed by atoms with Crippen molar-refractivity contribution in [2.75, 3.05) is 16.4 Å². The van der Waals surface area contributed by atoms with Gasteiger partial charge in [-0.1, -0.05) is 62.2 Å². The summed E-state index contributed by atoms with van der Waals surface area (Å²) in [6.45, 7) is 0. The van der Waals surface area contributed by atoms with E-state index in [4.69, 9.17) is 22.4 Å². The van der Waals surface area contributed by atoms with E-state index in [2.05, 4.69) is 31.9 Å². The van der Waals surface area contributed by atoms with E-state index in [0.717, 1.165) is 0 Å². The van der Waals surface area contributed by atoms with E-state index in [1.54, 1.807) is 48.5 Å². The zero-order valence-corrected chi connectivity index (χ0v) is 17.1. The fourth-order valence-electron chi connectivity index (χ4n) is 1.41. The summed E-state index contributed by atoms with van der Waals surface area (Å²) in [6, 6.07) is 13.6. The molecule has 0 radical (unpaired) electrons. The number of phenolic OH excluding ortho intramolecular Hbond substituents is 2. The molecular formula is C17H18Br2ClNO4. The molecule has 2 rings (SSSR count). The lowest BCUT2D eigenvalue weighted by Crippen LogP contribution is -2.03. The molecule has 5 nitrogen and oxygen atoms in total. The zero-order valence-electron chi connectivity index (χ0n) is 13.2. The highest BCUT2D eigenvalue weighted by atomic mass is 79.9. The number of alkyl halides is 2. The molecule has 0 aliphatic rings. The van der Waals surface area contributed by atoms with Gasteiger partial charge in [-0.25, -0.2) is 0 Å². The standard InChI is InChI=1S/C9H9BrO2.C6H7NO.C2H2BrClO/c10-6-8(11)5-7-3-1-2-4-9(7)12;7-5-3-1-2-4-6(5)8;3-1-2(4)5/h1-4,12H,5-6H2;1-4,8H,7H2;1H2. The van der Waals surface area contributed by atoms with Gasteiger partial charge < -0.3 is 15.9 Å². The van der Waals surface area contributed by atoms with E-state index in [1.165, 1.54) is 0 Å². The Labute approximate surface area is 168 Å². The van der Waals surface area contributed by atoms with Crippen LogP contribution in [0.5, 0.6) is 11.5 Å². The number of carbonyl (C=O) groups excluding carboxylic acids is 2. The Morgan fingerprint density at radius 2 is 1.40 bits per heavy atom. The minimum Gasteiger partial charge on any atom is -0.508 e.